The number of carboxylic acids is 2. The van der Waals surface area contributed by atoms with Gasteiger partial charge in [-0.15, -0.1) is 0 Å². The van der Waals surface area contributed by atoms with Gasteiger partial charge in [-0.3, -0.25) is 9.59 Å². The Balaban J connectivity index is 2.79. The zero-order valence-corrected chi connectivity index (χ0v) is 11.8. The molecule has 0 heterocycles. The number of hydrogen-bond donors (Lipinski definition) is 2. The third-order valence-corrected chi connectivity index (χ3v) is 3.46. The van der Waals surface area contributed by atoms with E-state index in [2.05, 4.69) is 0 Å². The number of ether oxygens (including phenoxy) is 1. The lowest BCUT2D eigenvalue weighted by Gasteiger charge is -2.19. The highest BCUT2D eigenvalue weighted by Gasteiger charge is 2.29. The number of methoxy groups -OCH3 is 1. The van der Waals surface area contributed by atoms with Gasteiger partial charge in [0.1, 0.15) is 5.75 Å². The largest absolute Gasteiger partial charge is 0.496 e. The molecule has 2 aromatic carbocycles. The van der Waals surface area contributed by atoms with E-state index in [0.717, 1.165) is 10.9 Å². The van der Waals surface area contributed by atoms with Crippen LogP contribution in [0.4, 0.5) is 0 Å². The highest BCUT2D eigenvalue weighted by molar-refractivity contribution is 5.95. The average molecular weight is 288 g/mol. The molecule has 21 heavy (non-hydrogen) atoms. The van der Waals surface area contributed by atoms with Gasteiger partial charge in [-0.05, 0) is 29.3 Å². The van der Waals surface area contributed by atoms with Crippen molar-refractivity contribution in [1.82, 2.24) is 0 Å². The van der Waals surface area contributed by atoms with Gasteiger partial charge in [-0.1, -0.05) is 24.3 Å². The van der Waals surface area contributed by atoms with Crippen LogP contribution in [0.15, 0.2) is 30.3 Å². The number of carbonyl (C=O) groups is 2. The summed E-state index contributed by atoms with van der Waals surface area (Å²) in [5.74, 6) is -3.05. The van der Waals surface area contributed by atoms with Crippen molar-refractivity contribution in [2.75, 3.05) is 7.11 Å². The molecule has 0 fully saturated rings. The number of benzene rings is 2. The molecule has 0 aliphatic heterocycles. The maximum absolute atomic E-state index is 11.5. The van der Waals surface area contributed by atoms with Crippen molar-refractivity contribution in [3.63, 3.8) is 0 Å². The molecule has 0 spiro atoms. The van der Waals surface area contributed by atoms with Gasteiger partial charge in [0.15, 0.2) is 0 Å². The van der Waals surface area contributed by atoms with Gasteiger partial charge >= 0.3 is 11.9 Å². The number of hydrogen-bond acceptors (Lipinski definition) is 3. The monoisotopic (exact) mass is 288 g/mol. The molecule has 0 aliphatic carbocycles. The highest BCUT2D eigenvalue weighted by atomic mass is 16.5. The van der Waals surface area contributed by atoms with Crippen molar-refractivity contribution in [1.29, 1.82) is 0 Å². The van der Waals surface area contributed by atoms with Gasteiger partial charge in [-0.2, -0.15) is 0 Å². The van der Waals surface area contributed by atoms with Crippen LogP contribution >= 0.6 is 0 Å². The van der Waals surface area contributed by atoms with Crippen molar-refractivity contribution < 1.29 is 24.5 Å². The van der Waals surface area contributed by atoms with Crippen LogP contribution in [0.5, 0.6) is 5.75 Å². The predicted molar refractivity (Wildman–Crippen MR) is 77.9 cm³/mol. The first-order chi connectivity index (χ1) is 9.95. The van der Waals surface area contributed by atoms with Crippen molar-refractivity contribution >= 4 is 22.7 Å². The van der Waals surface area contributed by atoms with Gasteiger partial charge in [0, 0.05) is 5.56 Å². The van der Waals surface area contributed by atoms with Crippen LogP contribution in [0.3, 0.4) is 0 Å². The number of carboxylic acid groups (broad SMARTS) is 2. The molecular formula is C16H16O5. The molecule has 5 heteroatoms. The number of fused-ring (bicyclic) bond motifs is 1. The Morgan fingerprint density at radius 1 is 1.24 bits per heavy atom. The lowest BCUT2D eigenvalue weighted by molar-refractivity contribution is -0.145. The quantitative estimate of drug-likeness (QED) is 0.883. The number of aliphatic carboxylic acids is 2. The molecule has 0 aliphatic rings. The summed E-state index contributed by atoms with van der Waals surface area (Å²) in [6, 6.07) is 9.19. The Labute approximate surface area is 121 Å². The van der Waals surface area contributed by atoms with E-state index in [0.29, 0.717) is 16.7 Å². The molecule has 2 N–H and O–H groups in total. The maximum Gasteiger partial charge on any atom is 0.311 e. The van der Waals surface area contributed by atoms with Crippen LogP contribution in [0, 0.1) is 6.92 Å². The summed E-state index contributed by atoms with van der Waals surface area (Å²) in [4.78, 5) is 22.5. The second-order valence-electron chi connectivity index (χ2n) is 4.85. The zero-order valence-electron chi connectivity index (χ0n) is 11.8. The van der Waals surface area contributed by atoms with Gasteiger partial charge in [0.25, 0.3) is 0 Å². The second-order valence-corrected chi connectivity index (χ2v) is 4.85. The van der Waals surface area contributed by atoms with Crippen LogP contribution in [0.2, 0.25) is 0 Å². The van der Waals surface area contributed by atoms with E-state index in [1.165, 1.54) is 7.11 Å². The Kier molecular flexibility index (Phi) is 4.12. The number of aryl methyl sites for hydroxylation is 1. The molecule has 2 aromatic rings. The normalized spacial score (nSPS) is 12.1. The van der Waals surface area contributed by atoms with E-state index >= 15 is 0 Å². The van der Waals surface area contributed by atoms with E-state index in [1.807, 2.05) is 25.1 Å². The van der Waals surface area contributed by atoms with Crippen molar-refractivity contribution in [3.05, 3.63) is 41.5 Å². The third kappa shape index (κ3) is 2.81. The molecular weight excluding hydrogens is 272 g/mol. The Hall–Kier alpha value is -2.56. The van der Waals surface area contributed by atoms with E-state index in [9.17, 15) is 14.7 Å². The number of rotatable bonds is 5. The van der Waals surface area contributed by atoms with Crippen LogP contribution in [-0.2, 0) is 9.59 Å². The summed E-state index contributed by atoms with van der Waals surface area (Å²) in [5, 5.41) is 20.0. The van der Waals surface area contributed by atoms with Crippen LogP contribution in [0.25, 0.3) is 10.8 Å². The molecule has 5 nitrogen and oxygen atoms in total. The molecule has 1 atom stereocenters. The average Bonchev–Trinajstić information content (AvgIpc) is 2.43. The molecule has 0 saturated carbocycles. The van der Waals surface area contributed by atoms with Crippen LogP contribution in [0.1, 0.15) is 23.5 Å². The lowest BCUT2D eigenvalue weighted by atomic mass is 9.88. The molecule has 1 unspecified atom stereocenters. The van der Waals surface area contributed by atoms with E-state index in [4.69, 9.17) is 9.84 Å². The summed E-state index contributed by atoms with van der Waals surface area (Å²) in [7, 11) is 1.46. The summed E-state index contributed by atoms with van der Waals surface area (Å²) < 4.78 is 5.34. The molecule has 0 bridgehead atoms. The van der Waals surface area contributed by atoms with E-state index in [-0.39, 0.29) is 0 Å². The first kappa shape index (κ1) is 14.8. The standard InChI is InChI=1S/C16H16O5/c1-9-7-10-5-3-4-6-11(10)14(15(9)21-2)12(16(19)20)8-13(17)18/h3-7,12H,8H2,1-2H3,(H,17,18)(H,19,20). The predicted octanol–water partition coefficient (Wildman–Crippen LogP) is 2.80. The maximum atomic E-state index is 11.5. The fraction of sp³-hybridized carbons (Fsp3) is 0.250. The molecule has 0 amide bonds. The summed E-state index contributed by atoms with van der Waals surface area (Å²) in [5.41, 5.74) is 1.20. The van der Waals surface area contributed by atoms with Gasteiger partial charge in [0.05, 0.1) is 19.4 Å². The fourth-order valence-corrected chi connectivity index (χ4v) is 2.61. The van der Waals surface area contributed by atoms with Crippen LogP contribution < -0.4 is 4.74 Å². The van der Waals surface area contributed by atoms with Gasteiger partial charge in [-0.25, -0.2) is 0 Å². The molecule has 0 aromatic heterocycles. The lowest BCUT2D eigenvalue weighted by Crippen LogP contribution is -2.17. The highest BCUT2D eigenvalue weighted by Crippen LogP contribution is 2.38. The molecule has 2 rings (SSSR count). The Bertz CT molecular complexity index is 705. The molecule has 110 valence electrons. The summed E-state index contributed by atoms with van der Waals surface area (Å²) in [6.07, 6.45) is -0.487. The van der Waals surface area contributed by atoms with E-state index in [1.54, 1.807) is 12.1 Å². The van der Waals surface area contributed by atoms with Gasteiger partial charge < -0.3 is 14.9 Å². The summed E-state index contributed by atoms with van der Waals surface area (Å²) >= 11 is 0. The SMILES string of the molecule is COc1c(C)cc2ccccc2c1C(CC(=O)O)C(=O)O. The topological polar surface area (TPSA) is 83.8 Å². The smallest absolute Gasteiger partial charge is 0.311 e. The Morgan fingerprint density at radius 3 is 2.48 bits per heavy atom. The van der Waals surface area contributed by atoms with Crippen LogP contribution in [-0.4, -0.2) is 29.3 Å². The molecule has 0 saturated heterocycles. The molecule has 0 radical (unpaired) electrons. The minimum absolute atomic E-state index is 0.419. The minimum atomic E-state index is -1.17. The fourth-order valence-electron chi connectivity index (χ4n) is 2.61. The first-order valence-corrected chi connectivity index (χ1v) is 6.46. The second kappa shape index (κ2) is 5.83. The third-order valence-electron chi connectivity index (χ3n) is 3.46. The minimum Gasteiger partial charge on any atom is -0.496 e. The van der Waals surface area contributed by atoms with E-state index < -0.39 is 24.3 Å². The first-order valence-electron chi connectivity index (χ1n) is 6.46. The zero-order chi connectivity index (χ0) is 15.6. The van der Waals surface area contributed by atoms with Crippen molar-refractivity contribution in [2.24, 2.45) is 0 Å². The van der Waals surface area contributed by atoms with Gasteiger partial charge in [0.2, 0.25) is 0 Å². The Morgan fingerprint density at radius 2 is 1.90 bits per heavy atom. The summed E-state index contributed by atoms with van der Waals surface area (Å²) in [6.45, 7) is 1.81. The van der Waals surface area contributed by atoms with Crippen molar-refractivity contribution in [3.8, 4) is 5.75 Å². The van der Waals surface area contributed by atoms with Crippen molar-refractivity contribution in [2.45, 2.75) is 19.3 Å².